The van der Waals surface area contributed by atoms with Gasteiger partial charge < -0.3 is 10.2 Å². The van der Waals surface area contributed by atoms with Gasteiger partial charge in [-0.05, 0) is 41.0 Å². The number of aromatic nitrogens is 1. The van der Waals surface area contributed by atoms with Crippen molar-refractivity contribution >= 4 is 21.2 Å². The molecular weight excluding hydrogens is 359 g/mol. The van der Waals surface area contributed by atoms with Gasteiger partial charge in [0.15, 0.2) is 5.03 Å². The average molecular weight is 376 g/mol. The molecule has 0 atom stereocenters. The number of primary sulfonamides is 1. The molecular formula is C18H17FN2O4S. The molecule has 4 N–H and O–H groups in total. The molecule has 3 rings (SSSR count). The summed E-state index contributed by atoms with van der Waals surface area (Å²) in [6, 6.07) is 8.63. The van der Waals surface area contributed by atoms with Crippen LogP contribution in [0.2, 0.25) is 0 Å². The molecule has 0 unspecified atom stereocenters. The van der Waals surface area contributed by atoms with E-state index in [2.05, 4.69) is 4.98 Å². The first-order valence-electron chi connectivity index (χ1n) is 7.71. The largest absolute Gasteiger partial charge is 0.395 e. The monoisotopic (exact) mass is 376 g/mol. The van der Waals surface area contributed by atoms with Crippen LogP contribution >= 0.6 is 0 Å². The number of aliphatic hydroxyl groups is 2. The summed E-state index contributed by atoms with van der Waals surface area (Å²) in [5.41, 5.74) is 1.62. The van der Waals surface area contributed by atoms with Crippen molar-refractivity contribution in [3.63, 3.8) is 0 Å². The molecule has 2 aromatic rings. The molecule has 1 aromatic heterocycles. The molecule has 1 aliphatic carbocycles. The third kappa shape index (κ3) is 3.45. The van der Waals surface area contributed by atoms with Gasteiger partial charge in [-0.1, -0.05) is 24.3 Å². The summed E-state index contributed by atoms with van der Waals surface area (Å²) in [7, 11) is -3.91. The summed E-state index contributed by atoms with van der Waals surface area (Å²) in [6.45, 7) is -0.638. The Balaban J connectivity index is 2.10. The van der Waals surface area contributed by atoms with Crippen LogP contribution in [0.5, 0.6) is 0 Å². The summed E-state index contributed by atoms with van der Waals surface area (Å²) in [6.07, 6.45) is 4.76. The fourth-order valence-corrected chi connectivity index (χ4v) is 3.28. The summed E-state index contributed by atoms with van der Waals surface area (Å²) >= 11 is 0. The number of hydrogen-bond donors (Lipinski definition) is 3. The summed E-state index contributed by atoms with van der Waals surface area (Å²) in [5.74, 6) is -0.382. The molecule has 0 spiro atoms. The van der Waals surface area contributed by atoms with Crippen molar-refractivity contribution in [3.05, 3.63) is 71.7 Å². The predicted octanol–water partition coefficient (Wildman–Crippen LogP) is 1.32. The Morgan fingerprint density at radius 3 is 1.96 bits per heavy atom. The van der Waals surface area contributed by atoms with Crippen LogP contribution in [0.3, 0.4) is 0 Å². The van der Waals surface area contributed by atoms with Crippen LogP contribution in [0.25, 0.3) is 11.1 Å². The lowest BCUT2D eigenvalue weighted by Gasteiger charge is -2.18. The van der Waals surface area contributed by atoms with Crippen molar-refractivity contribution in [1.82, 2.24) is 4.98 Å². The van der Waals surface area contributed by atoms with Gasteiger partial charge in [0.1, 0.15) is 5.82 Å². The highest BCUT2D eigenvalue weighted by Crippen LogP contribution is 2.43. The van der Waals surface area contributed by atoms with Gasteiger partial charge in [-0.3, -0.25) is 0 Å². The fraction of sp³-hybridized carbons (Fsp3) is 0.167. The van der Waals surface area contributed by atoms with E-state index in [-0.39, 0.29) is 24.1 Å². The number of nitrogens with zero attached hydrogens (tertiary/aromatic N) is 1. The zero-order chi connectivity index (χ0) is 18.9. The van der Waals surface area contributed by atoms with Gasteiger partial charge in [0.2, 0.25) is 0 Å². The highest BCUT2D eigenvalue weighted by Gasteiger charge is 2.32. The molecule has 8 heteroatoms. The first-order valence-corrected chi connectivity index (χ1v) is 9.26. The van der Waals surface area contributed by atoms with E-state index < -0.39 is 15.4 Å². The first kappa shape index (κ1) is 18.4. The number of pyridine rings is 1. The number of nitrogens with two attached hydrogens (primary N) is 1. The number of benzene rings is 1. The highest BCUT2D eigenvalue weighted by molar-refractivity contribution is 7.89. The molecule has 0 aliphatic heterocycles. The Labute approximate surface area is 150 Å². The minimum atomic E-state index is -3.91. The molecule has 0 bridgehead atoms. The van der Waals surface area contributed by atoms with Crippen LogP contribution in [-0.2, 0) is 10.0 Å². The Bertz CT molecular complexity index is 977. The quantitative estimate of drug-likeness (QED) is 0.728. The Morgan fingerprint density at radius 2 is 1.50 bits per heavy atom. The zero-order valence-electron chi connectivity index (χ0n) is 13.6. The number of allylic oxidation sites excluding steroid dienone is 2. The van der Waals surface area contributed by atoms with Crippen molar-refractivity contribution < 1.29 is 23.0 Å². The van der Waals surface area contributed by atoms with Crippen LogP contribution in [0.15, 0.2) is 59.8 Å². The summed E-state index contributed by atoms with van der Waals surface area (Å²) in [5, 5.41) is 24.2. The van der Waals surface area contributed by atoms with Crippen molar-refractivity contribution in [2.45, 2.75) is 5.03 Å². The van der Waals surface area contributed by atoms with E-state index in [0.29, 0.717) is 22.3 Å². The van der Waals surface area contributed by atoms with Crippen molar-refractivity contribution in [3.8, 4) is 0 Å². The van der Waals surface area contributed by atoms with Gasteiger partial charge in [0.05, 0.1) is 18.6 Å². The molecule has 1 heterocycles. The average Bonchev–Trinajstić information content (AvgIpc) is 3.02. The van der Waals surface area contributed by atoms with E-state index in [9.17, 15) is 23.0 Å². The number of sulfonamides is 1. The van der Waals surface area contributed by atoms with Gasteiger partial charge in [0.25, 0.3) is 10.0 Å². The lowest BCUT2D eigenvalue weighted by atomic mass is 9.92. The molecule has 0 amide bonds. The van der Waals surface area contributed by atoms with E-state index in [1.807, 2.05) is 0 Å². The highest BCUT2D eigenvalue weighted by atomic mass is 32.2. The van der Waals surface area contributed by atoms with Crippen LogP contribution < -0.4 is 5.14 Å². The second-order valence-corrected chi connectivity index (χ2v) is 7.61. The maximum Gasteiger partial charge on any atom is 0.255 e. The van der Waals surface area contributed by atoms with E-state index >= 15 is 0 Å². The molecule has 26 heavy (non-hydrogen) atoms. The minimum Gasteiger partial charge on any atom is -0.395 e. The third-order valence-corrected chi connectivity index (χ3v) is 5.06. The Kier molecular flexibility index (Phi) is 4.76. The van der Waals surface area contributed by atoms with Crippen LogP contribution in [0.1, 0.15) is 11.1 Å². The predicted molar refractivity (Wildman–Crippen MR) is 94.6 cm³/mol. The second kappa shape index (κ2) is 6.73. The molecule has 1 aliphatic rings. The first-order chi connectivity index (χ1) is 12.3. The zero-order valence-corrected chi connectivity index (χ0v) is 14.4. The number of rotatable bonds is 5. The second-order valence-electron chi connectivity index (χ2n) is 6.10. The summed E-state index contributed by atoms with van der Waals surface area (Å²) < 4.78 is 36.0. The van der Waals surface area contributed by atoms with Gasteiger partial charge in [-0.25, -0.2) is 22.9 Å². The lowest BCUT2D eigenvalue weighted by molar-refractivity contribution is 0.131. The molecule has 0 saturated carbocycles. The van der Waals surface area contributed by atoms with Gasteiger partial charge in [-0.2, -0.15) is 0 Å². The van der Waals surface area contributed by atoms with Crippen molar-refractivity contribution in [2.24, 2.45) is 10.6 Å². The normalized spacial score (nSPS) is 16.3. The van der Waals surface area contributed by atoms with Crippen LogP contribution in [0, 0.1) is 11.2 Å². The molecule has 0 fully saturated rings. The van der Waals surface area contributed by atoms with E-state index in [4.69, 9.17) is 5.14 Å². The Hall–Kier alpha value is -2.39. The van der Waals surface area contributed by atoms with Gasteiger partial charge in [0, 0.05) is 11.8 Å². The molecule has 0 radical (unpaired) electrons. The number of aliphatic hydroxyl groups excluding tert-OH is 2. The van der Waals surface area contributed by atoms with Crippen molar-refractivity contribution in [1.29, 1.82) is 0 Å². The van der Waals surface area contributed by atoms with E-state index in [1.165, 1.54) is 24.4 Å². The molecule has 136 valence electrons. The van der Waals surface area contributed by atoms with E-state index in [1.54, 1.807) is 30.4 Å². The lowest BCUT2D eigenvalue weighted by Crippen LogP contribution is -2.23. The molecule has 1 aromatic carbocycles. The maximum atomic E-state index is 13.2. The van der Waals surface area contributed by atoms with Gasteiger partial charge >= 0.3 is 0 Å². The van der Waals surface area contributed by atoms with E-state index in [0.717, 1.165) is 0 Å². The fourth-order valence-electron chi connectivity index (χ4n) is 2.82. The molecule has 0 saturated heterocycles. The van der Waals surface area contributed by atoms with Crippen LogP contribution in [-0.4, -0.2) is 36.8 Å². The van der Waals surface area contributed by atoms with Crippen molar-refractivity contribution in [2.75, 3.05) is 13.2 Å². The number of hydrogen-bond acceptors (Lipinski definition) is 5. The third-order valence-electron chi connectivity index (χ3n) is 4.24. The molecule has 6 nitrogen and oxygen atoms in total. The summed E-state index contributed by atoms with van der Waals surface area (Å²) in [4.78, 5) is 3.87. The van der Waals surface area contributed by atoms with Gasteiger partial charge in [-0.15, -0.1) is 0 Å². The SMILES string of the molecule is NS(=O)(=O)c1ccc(C2=CC(CO)(CO)C=C2c2ccc(F)cc2)cn1. The number of halogens is 1. The smallest absolute Gasteiger partial charge is 0.255 e. The maximum absolute atomic E-state index is 13.2. The Morgan fingerprint density at radius 1 is 0.962 bits per heavy atom. The minimum absolute atomic E-state index is 0.261. The van der Waals surface area contributed by atoms with Crippen LogP contribution in [0.4, 0.5) is 4.39 Å². The topological polar surface area (TPSA) is 114 Å². The standard InChI is InChI=1S/C18H17FN2O4S/c19-14-4-1-12(2-5-14)15-7-18(10-22,11-23)8-16(15)13-3-6-17(21-9-13)26(20,24)25/h1-9,22-23H,10-11H2,(H2,20,24,25).